The Morgan fingerprint density at radius 2 is 1.71 bits per heavy atom. The van der Waals surface area contributed by atoms with Crippen LogP contribution in [0.1, 0.15) is 5.56 Å². The molecule has 0 saturated carbocycles. The lowest BCUT2D eigenvalue weighted by molar-refractivity contribution is 0.628. The quantitative estimate of drug-likeness (QED) is 0.488. The van der Waals surface area contributed by atoms with Gasteiger partial charge in [0.1, 0.15) is 5.82 Å². The van der Waals surface area contributed by atoms with Gasteiger partial charge in [0, 0.05) is 10.9 Å². The molecule has 1 heterocycles. The van der Waals surface area contributed by atoms with Gasteiger partial charge in [-0.05, 0) is 36.8 Å². The molecule has 0 unspecified atom stereocenters. The Hall–Kier alpha value is -1.35. The lowest BCUT2D eigenvalue weighted by atomic mass is 10.0. The number of aryl methyl sites for hydroxylation is 1. The smallest absolute Gasteiger partial charge is 0.142 e. The number of halogens is 4. The minimum absolute atomic E-state index is 0. The van der Waals surface area contributed by atoms with Crippen molar-refractivity contribution in [2.24, 2.45) is 0 Å². The summed E-state index contributed by atoms with van der Waals surface area (Å²) in [4.78, 5) is 4.54. The van der Waals surface area contributed by atoms with E-state index in [0.717, 1.165) is 16.5 Å². The Morgan fingerprint density at radius 3 is 2.48 bits per heavy atom. The molecule has 3 rings (SSSR count). The average Bonchev–Trinajstić information content (AvgIpc) is 2.43. The molecule has 0 aliphatic carbocycles. The van der Waals surface area contributed by atoms with Crippen LogP contribution < -0.4 is 0 Å². The highest BCUT2D eigenvalue weighted by atomic mass is 35.5. The second-order valence-electron chi connectivity index (χ2n) is 4.59. The third-order valence-corrected chi connectivity index (χ3v) is 3.81. The predicted molar refractivity (Wildman–Crippen MR) is 89.1 cm³/mol. The van der Waals surface area contributed by atoms with Gasteiger partial charge in [-0.15, -0.1) is 12.4 Å². The number of pyridine rings is 1. The zero-order valence-electron chi connectivity index (χ0n) is 11.0. The van der Waals surface area contributed by atoms with E-state index >= 15 is 0 Å². The summed E-state index contributed by atoms with van der Waals surface area (Å²) in [5.74, 6) is -0.501. The van der Waals surface area contributed by atoms with Gasteiger partial charge in [-0.3, -0.25) is 0 Å². The van der Waals surface area contributed by atoms with E-state index in [1.165, 1.54) is 12.1 Å². The number of hydrogen-bond acceptors (Lipinski definition) is 1. The Labute approximate surface area is 138 Å². The largest absolute Gasteiger partial charge is 0.248 e. The number of para-hydroxylation sites is 1. The van der Waals surface area contributed by atoms with Gasteiger partial charge in [-0.2, -0.15) is 0 Å². The summed E-state index contributed by atoms with van der Waals surface area (Å²) < 4.78 is 13.6. The Morgan fingerprint density at radius 1 is 1.00 bits per heavy atom. The van der Waals surface area contributed by atoms with Crippen LogP contribution in [0, 0.1) is 12.7 Å². The Bertz CT molecular complexity index is 818. The van der Waals surface area contributed by atoms with Crippen molar-refractivity contribution in [2.45, 2.75) is 6.92 Å². The van der Waals surface area contributed by atoms with Gasteiger partial charge in [-0.1, -0.05) is 41.4 Å². The molecule has 0 N–H and O–H groups in total. The fraction of sp³-hybridized carbons (Fsp3) is 0.0625. The van der Waals surface area contributed by atoms with Crippen LogP contribution in [-0.4, -0.2) is 4.98 Å². The van der Waals surface area contributed by atoms with Gasteiger partial charge in [0.2, 0.25) is 0 Å². The molecule has 5 heteroatoms. The molecule has 0 fully saturated rings. The van der Waals surface area contributed by atoms with Crippen molar-refractivity contribution in [3.63, 3.8) is 0 Å². The van der Waals surface area contributed by atoms with Crippen LogP contribution in [-0.2, 0) is 0 Å². The third kappa shape index (κ3) is 2.98. The fourth-order valence-corrected chi connectivity index (χ4v) is 2.69. The molecule has 1 aromatic heterocycles. The number of nitrogens with zero attached hydrogens (tertiary/aromatic N) is 1. The first-order chi connectivity index (χ1) is 9.56. The van der Waals surface area contributed by atoms with Gasteiger partial charge in [0.25, 0.3) is 0 Å². The maximum Gasteiger partial charge on any atom is 0.142 e. The zero-order valence-corrected chi connectivity index (χ0v) is 13.4. The molecule has 0 aliphatic rings. The topological polar surface area (TPSA) is 12.9 Å². The highest BCUT2D eigenvalue weighted by Gasteiger charge is 2.12. The van der Waals surface area contributed by atoms with Gasteiger partial charge >= 0.3 is 0 Å². The van der Waals surface area contributed by atoms with Crippen LogP contribution in [0.2, 0.25) is 10.0 Å². The number of rotatable bonds is 1. The molecule has 0 bridgehead atoms. The first kappa shape index (κ1) is 16.0. The number of hydrogen-bond donors (Lipinski definition) is 0. The second kappa shape index (κ2) is 6.18. The highest BCUT2D eigenvalue weighted by molar-refractivity contribution is 6.36. The van der Waals surface area contributed by atoms with Crippen LogP contribution in [0.25, 0.3) is 22.2 Å². The standard InChI is InChI=1S/C16H10Cl2FN.ClH/c1-9-6-16(20-15-5-3-2-4-10(9)15)11-7-14(19)13(18)8-12(11)17;/h2-8H,1H3;1H. The summed E-state index contributed by atoms with van der Waals surface area (Å²) in [6.45, 7) is 1.99. The molecule has 0 atom stereocenters. The van der Waals surface area contributed by atoms with Gasteiger partial charge in [0.05, 0.1) is 21.3 Å². The van der Waals surface area contributed by atoms with Crippen molar-refractivity contribution in [2.75, 3.05) is 0 Å². The first-order valence-electron chi connectivity index (χ1n) is 6.07. The normalized spacial score (nSPS) is 10.5. The summed E-state index contributed by atoms with van der Waals surface area (Å²) in [7, 11) is 0. The third-order valence-electron chi connectivity index (χ3n) is 3.21. The molecule has 0 saturated heterocycles. The summed E-state index contributed by atoms with van der Waals surface area (Å²) in [6, 6.07) is 12.4. The number of aromatic nitrogens is 1. The van der Waals surface area contributed by atoms with E-state index in [0.29, 0.717) is 16.3 Å². The van der Waals surface area contributed by atoms with Crippen LogP contribution in [0.3, 0.4) is 0 Å². The van der Waals surface area contributed by atoms with Crippen molar-refractivity contribution in [1.29, 1.82) is 0 Å². The predicted octanol–water partition coefficient (Wildman–Crippen LogP) is 6.08. The van der Waals surface area contributed by atoms with Crippen LogP contribution in [0.5, 0.6) is 0 Å². The summed E-state index contributed by atoms with van der Waals surface area (Å²) in [5.41, 5.74) is 3.11. The van der Waals surface area contributed by atoms with E-state index in [4.69, 9.17) is 23.2 Å². The minimum Gasteiger partial charge on any atom is -0.248 e. The molecule has 21 heavy (non-hydrogen) atoms. The molecule has 3 aromatic rings. The van der Waals surface area contributed by atoms with Crippen molar-refractivity contribution >= 4 is 46.5 Å². The van der Waals surface area contributed by atoms with E-state index in [1.807, 2.05) is 37.3 Å². The molecule has 0 aliphatic heterocycles. The Kier molecular flexibility index (Phi) is 4.72. The first-order valence-corrected chi connectivity index (χ1v) is 6.83. The SMILES string of the molecule is Cc1cc(-c2cc(F)c(Cl)cc2Cl)nc2ccccc12.Cl. The lowest BCUT2D eigenvalue weighted by Crippen LogP contribution is -1.91. The molecule has 0 amide bonds. The monoisotopic (exact) mass is 341 g/mol. The van der Waals surface area contributed by atoms with E-state index in [1.54, 1.807) is 0 Å². The zero-order chi connectivity index (χ0) is 14.3. The molecule has 2 aromatic carbocycles. The van der Waals surface area contributed by atoms with E-state index < -0.39 is 5.82 Å². The second-order valence-corrected chi connectivity index (χ2v) is 5.40. The van der Waals surface area contributed by atoms with E-state index in [2.05, 4.69) is 4.98 Å². The van der Waals surface area contributed by atoms with Crippen molar-refractivity contribution in [3.8, 4) is 11.3 Å². The number of benzene rings is 2. The molecule has 0 spiro atoms. The van der Waals surface area contributed by atoms with Gasteiger partial charge in [0.15, 0.2) is 0 Å². The summed E-state index contributed by atoms with van der Waals surface area (Å²) in [5, 5.41) is 1.47. The minimum atomic E-state index is -0.501. The van der Waals surface area contributed by atoms with Crippen molar-refractivity contribution < 1.29 is 4.39 Å². The Balaban J connectivity index is 0.00000161. The average molecular weight is 343 g/mol. The molecule has 0 radical (unpaired) electrons. The van der Waals surface area contributed by atoms with Crippen molar-refractivity contribution in [1.82, 2.24) is 4.98 Å². The number of fused-ring (bicyclic) bond motifs is 1. The maximum atomic E-state index is 13.6. The molecular weight excluding hydrogens is 332 g/mol. The van der Waals surface area contributed by atoms with E-state index in [-0.39, 0.29) is 17.4 Å². The van der Waals surface area contributed by atoms with Crippen molar-refractivity contribution in [3.05, 3.63) is 63.9 Å². The van der Waals surface area contributed by atoms with Gasteiger partial charge in [-0.25, -0.2) is 9.37 Å². The lowest BCUT2D eigenvalue weighted by Gasteiger charge is -2.09. The molecular formula is C16H11Cl3FN. The summed E-state index contributed by atoms with van der Waals surface area (Å²) >= 11 is 11.9. The summed E-state index contributed by atoms with van der Waals surface area (Å²) in [6.07, 6.45) is 0. The maximum absolute atomic E-state index is 13.6. The van der Waals surface area contributed by atoms with E-state index in [9.17, 15) is 4.39 Å². The van der Waals surface area contributed by atoms with Crippen LogP contribution >= 0.6 is 35.6 Å². The fourth-order valence-electron chi connectivity index (χ4n) is 2.21. The highest BCUT2D eigenvalue weighted by Crippen LogP contribution is 2.33. The van der Waals surface area contributed by atoms with Crippen LogP contribution in [0.15, 0.2) is 42.5 Å². The molecule has 108 valence electrons. The van der Waals surface area contributed by atoms with Crippen LogP contribution in [0.4, 0.5) is 4.39 Å². The molecule has 1 nitrogen and oxygen atoms in total. The van der Waals surface area contributed by atoms with Gasteiger partial charge < -0.3 is 0 Å².